The van der Waals surface area contributed by atoms with Crippen molar-refractivity contribution in [1.29, 1.82) is 0 Å². The first-order valence-corrected chi connectivity index (χ1v) is 7.45. The lowest BCUT2D eigenvalue weighted by molar-refractivity contribution is 0.529. The molecule has 0 saturated carbocycles. The molecule has 1 atom stereocenters. The van der Waals surface area contributed by atoms with E-state index in [1.807, 2.05) is 13.1 Å². The van der Waals surface area contributed by atoms with Crippen molar-refractivity contribution in [2.24, 2.45) is 0 Å². The summed E-state index contributed by atoms with van der Waals surface area (Å²) in [6.45, 7) is 2.90. The molecule has 0 bridgehead atoms. The van der Waals surface area contributed by atoms with Crippen molar-refractivity contribution < 1.29 is 0 Å². The van der Waals surface area contributed by atoms with E-state index in [9.17, 15) is 0 Å². The number of hydrogen-bond donors (Lipinski definition) is 1. The minimum absolute atomic E-state index is 0.476. The van der Waals surface area contributed by atoms with Crippen molar-refractivity contribution in [2.75, 3.05) is 0 Å². The van der Waals surface area contributed by atoms with Crippen LogP contribution in [0.15, 0.2) is 41.0 Å². The molecule has 2 aromatic rings. The Balaban J connectivity index is 1.68. The highest BCUT2D eigenvalue weighted by Crippen LogP contribution is 2.33. The average Bonchev–Trinajstić information content (AvgIpc) is 2.80. The van der Waals surface area contributed by atoms with Crippen LogP contribution in [-0.2, 0) is 13.0 Å². The minimum atomic E-state index is 0.476. The number of hydrogen-bond acceptors (Lipinski definition) is 2. The largest absolute Gasteiger partial charge is 0.306 e. The summed E-state index contributed by atoms with van der Waals surface area (Å²) in [7, 11) is 0. The molecule has 19 heavy (non-hydrogen) atoms. The molecule has 98 valence electrons. The molecule has 0 amide bonds. The third-order valence-corrected chi connectivity index (χ3v) is 4.20. The fraction of sp³-hybridized carbons (Fsp3) is 0.312. The molecule has 1 aromatic heterocycles. The lowest BCUT2D eigenvalue weighted by atomic mass is 10.1. The maximum absolute atomic E-state index is 4.33. The number of aryl methyl sites for hydroxylation is 2. The Morgan fingerprint density at radius 3 is 3.00 bits per heavy atom. The molecule has 1 aliphatic carbocycles. The van der Waals surface area contributed by atoms with Crippen LogP contribution in [-0.4, -0.2) is 4.98 Å². The fourth-order valence-electron chi connectivity index (χ4n) is 2.64. The highest BCUT2D eigenvalue weighted by Gasteiger charge is 2.21. The van der Waals surface area contributed by atoms with Gasteiger partial charge < -0.3 is 5.32 Å². The number of rotatable bonds is 3. The van der Waals surface area contributed by atoms with Gasteiger partial charge in [0.05, 0.1) is 0 Å². The third kappa shape index (κ3) is 2.88. The van der Waals surface area contributed by atoms with E-state index in [0.29, 0.717) is 6.04 Å². The first-order chi connectivity index (χ1) is 9.22. The van der Waals surface area contributed by atoms with Crippen molar-refractivity contribution in [3.8, 4) is 0 Å². The topological polar surface area (TPSA) is 24.9 Å². The highest BCUT2D eigenvalue weighted by molar-refractivity contribution is 9.10. The van der Waals surface area contributed by atoms with Crippen molar-refractivity contribution in [3.05, 3.63) is 63.4 Å². The van der Waals surface area contributed by atoms with E-state index in [1.54, 1.807) is 0 Å². The van der Waals surface area contributed by atoms with Gasteiger partial charge in [0, 0.05) is 29.0 Å². The summed E-state index contributed by atoms with van der Waals surface area (Å²) in [5.74, 6) is 0. The maximum atomic E-state index is 4.33. The number of nitrogens with zero attached hydrogens (tertiary/aromatic N) is 1. The van der Waals surface area contributed by atoms with Crippen LogP contribution < -0.4 is 5.32 Å². The zero-order valence-electron chi connectivity index (χ0n) is 11.0. The Morgan fingerprint density at radius 2 is 2.21 bits per heavy atom. The summed E-state index contributed by atoms with van der Waals surface area (Å²) >= 11 is 3.54. The summed E-state index contributed by atoms with van der Waals surface area (Å²) in [5.41, 5.74) is 5.23. The second-order valence-corrected chi connectivity index (χ2v) is 6.04. The summed E-state index contributed by atoms with van der Waals surface area (Å²) in [6.07, 6.45) is 4.31. The van der Waals surface area contributed by atoms with Gasteiger partial charge >= 0.3 is 0 Å². The van der Waals surface area contributed by atoms with E-state index >= 15 is 0 Å². The van der Waals surface area contributed by atoms with Crippen LogP contribution in [0.4, 0.5) is 0 Å². The van der Waals surface area contributed by atoms with Crippen LogP contribution in [0.5, 0.6) is 0 Å². The smallest absolute Gasteiger partial charge is 0.0372 e. The van der Waals surface area contributed by atoms with Gasteiger partial charge in [-0.2, -0.15) is 0 Å². The summed E-state index contributed by atoms with van der Waals surface area (Å²) in [5, 5.41) is 3.64. The van der Waals surface area contributed by atoms with Gasteiger partial charge in [0.1, 0.15) is 0 Å². The molecule has 0 radical (unpaired) electrons. The standard InChI is InChI=1S/C16H17BrN2/c1-11-2-3-12(9-18-11)10-19-16-7-4-13-8-14(17)5-6-15(13)16/h2-3,5-6,8-9,16,19H,4,7,10H2,1H3. The normalized spacial score (nSPS) is 17.5. The summed E-state index contributed by atoms with van der Waals surface area (Å²) < 4.78 is 1.18. The molecular weight excluding hydrogens is 300 g/mol. The number of pyridine rings is 1. The number of halogens is 1. The molecule has 3 rings (SSSR count). The second kappa shape index (κ2) is 5.43. The van der Waals surface area contributed by atoms with Crippen LogP contribution in [0.1, 0.15) is 34.8 Å². The molecule has 2 nitrogen and oxygen atoms in total. The van der Waals surface area contributed by atoms with Crippen LogP contribution in [0, 0.1) is 6.92 Å². The van der Waals surface area contributed by atoms with Gasteiger partial charge in [-0.25, -0.2) is 0 Å². The number of benzene rings is 1. The Hall–Kier alpha value is -1.19. The highest BCUT2D eigenvalue weighted by atomic mass is 79.9. The average molecular weight is 317 g/mol. The molecule has 0 spiro atoms. The SMILES string of the molecule is Cc1ccc(CNC2CCc3cc(Br)ccc32)cn1. The molecule has 1 N–H and O–H groups in total. The number of fused-ring (bicyclic) bond motifs is 1. The van der Waals surface area contributed by atoms with E-state index in [-0.39, 0.29) is 0 Å². The van der Waals surface area contributed by atoms with E-state index in [0.717, 1.165) is 12.2 Å². The first kappa shape index (κ1) is 12.8. The lowest BCUT2D eigenvalue weighted by Crippen LogP contribution is -2.18. The molecule has 0 saturated heterocycles. The van der Waals surface area contributed by atoms with Gasteiger partial charge in [-0.1, -0.05) is 28.1 Å². The lowest BCUT2D eigenvalue weighted by Gasteiger charge is -2.14. The third-order valence-electron chi connectivity index (χ3n) is 3.71. The van der Waals surface area contributed by atoms with Crippen molar-refractivity contribution >= 4 is 15.9 Å². The van der Waals surface area contributed by atoms with Gasteiger partial charge in [-0.15, -0.1) is 0 Å². The van der Waals surface area contributed by atoms with Crippen LogP contribution in [0.2, 0.25) is 0 Å². The van der Waals surface area contributed by atoms with Gasteiger partial charge in [0.2, 0.25) is 0 Å². The van der Waals surface area contributed by atoms with Gasteiger partial charge in [-0.3, -0.25) is 4.98 Å². The fourth-order valence-corrected chi connectivity index (χ4v) is 3.05. The molecule has 0 fully saturated rings. The maximum Gasteiger partial charge on any atom is 0.0372 e. The van der Waals surface area contributed by atoms with E-state index in [1.165, 1.54) is 34.0 Å². The Kier molecular flexibility index (Phi) is 3.67. The van der Waals surface area contributed by atoms with E-state index < -0.39 is 0 Å². The second-order valence-electron chi connectivity index (χ2n) is 5.12. The molecule has 3 heteroatoms. The first-order valence-electron chi connectivity index (χ1n) is 6.65. The Morgan fingerprint density at radius 1 is 1.32 bits per heavy atom. The summed E-state index contributed by atoms with van der Waals surface area (Å²) in [4.78, 5) is 4.33. The zero-order valence-corrected chi connectivity index (χ0v) is 12.6. The van der Waals surface area contributed by atoms with Gasteiger partial charge in [0.15, 0.2) is 0 Å². The Labute approximate surface area is 122 Å². The number of nitrogens with one attached hydrogen (secondary N) is 1. The summed E-state index contributed by atoms with van der Waals surface area (Å²) in [6, 6.07) is 11.3. The molecule has 1 aliphatic rings. The van der Waals surface area contributed by atoms with E-state index in [4.69, 9.17) is 0 Å². The minimum Gasteiger partial charge on any atom is -0.306 e. The zero-order chi connectivity index (χ0) is 13.2. The van der Waals surface area contributed by atoms with Crippen LogP contribution in [0.3, 0.4) is 0 Å². The Bertz CT molecular complexity index is 578. The molecule has 0 aliphatic heterocycles. The molecular formula is C16H17BrN2. The van der Waals surface area contributed by atoms with Crippen molar-refractivity contribution in [2.45, 2.75) is 32.4 Å². The molecule has 1 unspecified atom stereocenters. The predicted octanol–water partition coefficient (Wildman–Crippen LogP) is 3.93. The van der Waals surface area contributed by atoms with Crippen molar-refractivity contribution in [3.63, 3.8) is 0 Å². The van der Waals surface area contributed by atoms with Gasteiger partial charge in [-0.05, 0) is 54.7 Å². The van der Waals surface area contributed by atoms with Crippen molar-refractivity contribution in [1.82, 2.24) is 10.3 Å². The monoisotopic (exact) mass is 316 g/mol. The van der Waals surface area contributed by atoms with Crippen LogP contribution in [0.25, 0.3) is 0 Å². The van der Waals surface area contributed by atoms with Gasteiger partial charge in [0.25, 0.3) is 0 Å². The number of aromatic nitrogens is 1. The van der Waals surface area contributed by atoms with Crippen LogP contribution >= 0.6 is 15.9 Å². The van der Waals surface area contributed by atoms with E-state index in [2.05, 4.69) is 56.6 Å². The molecule has 1 aromatic carbocycles. The predicted molar refractivity (Wildman–Crippen MR) is 81.0 cm³/mol. The quantitative estimate of drug-likeness (QED) is 0.928. The molecule has 1 heterocycles.